The van der Waals surface area contributed by atoms with E-state index in [2.05, 4.69) is 10.6 Å². The summed E-state index contributed by atoms with van der Waals surface area (Å²) < 4.78 is 27.1. The summed E-state index contributed by atoms with van der Waals surface area (Å²) in [5, 5.41) is 15.5. The molecule has 1 heterocycles. The number of hydrogen-bond acceptors (Lipinski definition) is 4. The van der Waals surface area contributed by atoms with Crippen LogP contribution in [0.25, 0.3) is 0 Å². The fraction of sp³-hybridized carbons (Fsp3) is 0.300. The first-order chi connectivity index (χ1) is 18.7. The lowest BCUT2D eigenvalue weighted by Gasteiger charge is -2.30. The summed E-state index contributed by atoms with van der Waals surface area (Å²) in [6, 6.07) is 19.2. The molecule has 204 valence electrons. The van der Waals surface area contributed by atoms with Crippen molar-refractivity contribution in [3.8, 4) is 0 Å². The van der Waals surface area contributed by atoms with Crippen molar-refractivity contribution in [3.05, 3.63) is 107 Å². The molecule has 0 radical (unpaired) electrons. The lowest BCUT2D eigenvalue weighted by molar-refractivity contribution is -0.138. The van der Waals surface area contributed by atoms with Crippen LogP contribution in [0.4, 0.5) is 8.78 Å². The summed E-state index contributed by atoms with van der Waals surface area (Å²) >= 11 is 0. The Hall–Kier alpha value is -4.11. The van der Waals surface area contributed by atoms with E-state index in [-0.39, 0.29) is 23.4 Å². The van der Waals surface area contributed by atoms with E-state index in [1.165, 1.54) is 6.92 Å². The van der Waals surface area contributed by atoms with Crippen molar-refractivity contribution in [2.45, 2.75) is 49.9 Å². The Morgan fingerprint density at radius 1 is 0.897 bits per heavy atom. The van der Waals surface area contributed by atoms with Gasteiger partial charge in [-0.3, -0.25) is 14.4 Å². The molecule has 0 saturated carbocycles. The van der Waals surface area contributed by atoms with Crippen LogP contribution in [0.1, 0.15) is 54.5 Å². The summed E-state index contributed by atoms with van der Waals surface area (Å²) in [5.74, 6) is -4.11. The predicted octanol–water partition coefficient (Wildman–Crippen LogP) is 3.77. The first-order valence-electron chi connectivity index (χ1n) is 12.8. The number of rotatable bonds is 7. The highest BCUT2D eigenvalue weighted by atomic mass is 19.1. The van der Waals surface area contributed by atoms with E-state index in [1.54, 1.807) is 11.9 Å². The molecule has 39 heavy (non-hydrogen) atoms. The minimum Gasteiger partial charge on any atom is -0.378 e. The molecule has 0 bridgehead atoms. The van der Waals surface area contributed by atoms with Gasteiger partial charge < -0.3 is 20.6 Å². The molecule has 3 N–H and O–H groups in total. The number of halogens is 2. The third kappa shape index (κ3) is 6.49. The Bertz CT molecular complexity index is 1300. The van der Waals surface area contributed by atoms with Gasteiger partial charge in [0.1, 0.15) is 23.7 Å². The number of nitrogens with zero attached hydrogens (tertiary/aromatic N) is 1. The predicted molar refractivity (Wildman–Crippen MR) is 141 cm³/mol. The fourth-order valence-electron chi connectivity index (χ4n) is 5.05. The summed E-state index contributed by atoms with van der Waals surface area (Å²) in [6.07, 6.45) is -0.587. The van der Waals surface area contributed by atoms with Gasteiger partial charge in [0, 0.05) is 19.0 Å². The zero-order valence-electron chi connectivity index (χ0n) is 21.7. The number of likely N-dealkylation sites (N-methyl/N-ethyl adjacent to an activating group) is 1. The SMILES string of the molecule is C[C@H](NC(=O)[C@H](O)c1cc(F)cc(F)c1)C(=O)N[C@@H]1C(=O)N(C)[C@H](c2ccccc2)CC[C@@H]1c1ccccc1. The van der Waals surface area contributed by atoms with Crippen molar-refractivity contribution in [1.82, 2.24) is 15.5 Å². The van der Waals surface area contributed by atoms with Crippen LogP contribution in [-0.4, -0.2) is 46.9 Å². The molecule has 0 unspecified atom stereocenters. The van der Waals surface area contributed by atoms with Crippen LogP contribution in [0.15, 0.2) is 78.9 Å². The molecule has 3 aromatic rings. The molecule has 4 rings (SSSR count). The molecule has 7 nitrogen and oxygen atoms in total. The molecule has 3 amide bonds. The minimum absolute atomic E-state index is 0.175. The monoisotopic (exact) mass is 535 g/mol. The second kappa shape index (κ2) is 12.2. The highest BCUT2D eigenvalue weighted by Crippen LogP contribution is 2.37. The van der Waals surface area contributed by atoms with Crippen molar-refractivity contribution < 1.29 is 28.3 Å². The van der Waals surface area contributed by atoms with Gasteiger partial charge in [-0.2, -0.15) is 0 Å². The van der Waals surface area contributed by atoms with Crippen LogP contribution in [0.2, 0.25) is 0 Å². The van der Waals surface area contributed by atoms with Crippen LogP contribution in [0.3, 0.4) is 0 Å². The molecule has 0 spiro atoms. The van der Waals surface area contributed by atoms with Crippen LogP contribution in [0.5, 0.6) is 0 Å². The topological polar surface area (TPSA) is 98.7 Å². The summed E-state index contributed by atoms with van der Waals surface area (Å²) in [5.41, 5.74) is 1.61. The maximum Gasteiger partial charge on any atom is 0.254 e. The number of nitrogens with one attached hydrogen (secondary N) is 2. The van der Waals surface area contributed by atoms with Gasteiger partial charge in [-0.1, -0.05) is 60.7 Å². The average Bonchev–Trinajstić information content (AvgIpc) is 3.04. The van der Waals surface area contributed by atoms with Gasteiger partial charge in [0.15, 0.2) is 6.10 Å². The largest absolute Gasteiger partial charge is 0.378 e. The van der Waals surface area contributed by atoms with Crippen molar-refractivity contribution in [1.29, 1.82) is 0 Å². The van der Waals surface area contributed by atoms with Crippen molar-refractivity contribution >= 4 is 17.7 Å². The third-order valence-corrected chi connectivity index (χ3v) is 7.15. The molecule has 1 fully saturated rings. The lowest BCUT2D eigenvalue weighted by atomic mass is 9.86. The van der Waals surface area contributed by atoms with E-state index >= 15 is 0 Å². The molecule has 1 aliphatic rings. The zero-order chi connectivity index (χ0) is 28.1. The van der Waals surface area contributed by atoms with Crippen LogP contribution < -0.4 is 10.6 Å². The van der Waals surface area contributed by atoms with Gasteiger partial charge in [-0.15, -0.1) is 0 Å². The van der Waals surface area contributed by atoms with E-state index in [1.807, 2.05) is 60.7 Å². The zero-order valence-corrected chi connectivity index (χ0v) is 21.7. The van der Waals surface area contributed by atoms with E-state index in [0.29, 0.717) is 18.9 Å². The summed E-state index contributed by atoms with van der Waals surface area (Å²) in [7, 11) is 1.71. The molecule has 9 heteroatoms. The Balaban J connectivity index is 1.53. The third-order valence-electron chi connectivity index (χ3n) is 7.15. The van der Waals surface area contributed by atoms with E-state index in [0.717, 1.165) is 23.3 Å². The maximum absolute atomic E-state index is 13.8. The van der Waals surface area contributed by atoms with Crippen molar-refractivity contribution in [2.24, 2.45) is 0 Å². The number of benzene rings is 3. The number of aliphatic hydroxyl groups is 1. The second-order valence-corrected chi connectivity index (χ2v) is 9.79. The van der Waals surface area contributed by atoms with Crippen molar-refractivity contribution in [3.63, 3.8) is 0 Å². The summed E-state index contributed by atoms with van der Waals surface area (Å²) in [6.45, 7) is 1.40. The van der Waals surface area contributed by atoms with Crippen molar-refractivity contribution in [2.75, 3.05) is 7.05 Å². The van der Waals surface area contributed by atoms with Gasteiger partial charge in [0.25, 0.3) is 5.91 Å². The number of hydrogen-bond donors (Lipinski definition) is 3. The molecule has 1 saturated heterocycles. The Labute approximate surface area is 225 Å². The minimum atomic E-state index is -1.89. The quantitative estimate of drug-likeness (QED) is 0.429. The summed E-state index contributed by atoms with van der Waals surface area (Å²) in [4.78, 5) is 41.2. The Morgan fingerprint density at radius 2 is 1.46 bits per heavy atom. The normalized spacial score (nSPS) is 21.0. The Kier molecular flexibility index (Phi) is 8.71. The number of carbonyl (C=O) groups excluding carboxylic acids is 3. The van der Waals surface area contributed by atoms with Crippen LogP contribution in [0, 0.1) is 11.6 Å². The van der Waals surface area contributed by atoms with Crippen LogP contribution in [-0.2, 0) is 14.4 Å². The van der Waals surface area contributed by atoms with Crippen LogP contribution >= 0.6 is 0 Å². The number of carbonyl (C=O) groups is 3. The lowest BCUT2D eigenvalue weighted by Crippen LogP contribution is -2.54. The highest BCUT2D eigenvalue weighted by Gasteiger charge is 2.40. The molecule has 0 aromatic heterocycles. The number of amides is 3. The van der Waals surface area contributed by atoms with Gasteiger partial charge >= 0.3 is 0 Å². The standard InChI is InChI=1S/C30H31F2N3O4/c1-18(33-29(38)27(36)21-15-22(31)17-23(32)16-21)28(37)34-26-24(19-9-5-3-6-10-19)13-14-25(35(2)30(26)39)20-11-7-4-8-12-20/h3-12,15-18,24-27,36H,13-14H2,1-2H3,(H,33,38)(H,34,37)/t18-,24+,25-,26-,27+/m0/s1. The van der Waals surface area contributed by atoms with Gasteiger partial charge in [-0.25, -0.2) is 8.78 Å². The Morgan fingerprint density at radius 3 is 2.05 bits per heavy atom. The molecule has 1 aliphatic heterocycles. The van der Waals surface area contributed by atoms with Gasteiger partial charge in [0.2, 0.25) is 11.8 Å². The molecule has 3 aromatic carbocycles. The van der Waals surface area contributed by atoms with E-state index < -0.39 is 41.6 Å². The van der Waals surface area contributed by atoms with Gasteiger partial charge in [0.05, 0.1) is 6.04 Å². The molecular formula is C30H31F2N3O4. The fourth-order valence-corrected chi connectivity index (χ4v) is 5.05. The molecule has 0 aliphatic carbocycles. The highest BCUT2D eigenvalue weighted by molar-refractivity contribution is 5.93. The smallest absolute Gasteiger partial charge is 0.254 e. The molecule has 5 atom stereocenters. The molecular weight excluding hydrogens is 504 g/mol. The second-order valence-electron chi connectivity index (χ2n) is 9.79. The first-order valence-corrected chi connectivity index (χ1v) is 12.8. The van der Waals surface area contributed by atoms with Gasteiger partial charge in [-0.05, 0) is 48.6 Å². The number of aliphatic hydroxyl groups excluding tert-OH is 1. The maximum atomic E-state index is 13.8. The van der Waals surface area contributed by atoms with E-state index in [4.69, 9.17) is 0 Å². The first kappa shape index (κ1) is 27.9. The van der Waals surface area contributed by atoms with E-state index in [9.17, 15) is 28.3 Å². The number of likely N-dealkylation sites (tertiary alicyclic amines) is 1. The average molecular weight is 536 g/mol.